The third-order valence-electron chi connectivity index (χ3n) is 0.985. The summed E-state index contributed by atoms with van der Waals surface area (Å²) in [7, 11) is 1.79. The highest BCUT2D eigenvalue weighted by Gasteiger charge is 1.89. The summed E-state index contributed by atoms with van der Waals surface area (Å²) in [4.78, 5) is 0. The first-order valence-electron chi connectivity index (χ1n) is 3.02. The average molecular weight is 141 g/mol. The maximum absolute atomic E-state index is 12.1. The van der Waals surface area contributed by atoms with Gasteiger partial charge in [0.1, 0.15) is 5.83 Å². The van der Waals surface area contributed by atoms with Gasteiger partial charge in [-0.1, -0.05) is 19.2 Å². The lowest BCUT2D eigenvalue weighted by molar-refractivity contribution is 0.669. The zero-order valence-electron chi connectivity index (χ0n) is 6.15. The molecule has 0 aliphatic heterocycles. The van der Waals surface area contributed by atoms with Crippen molar-refractivity contribution in [2.45, 2.75) is 0 Å². The third-order valence-corrected chi connectivity index (χ3v) is 0.985. The predicted octanol–water partition coefficient (Wildman–Crippen LogP) is 1.80. The molecule has 0 rings (SSSR count). The Bertz CT molecular complexity index is 159. The van der Waals surface area contributed by atoms with Crippen LogP contribution < -0.4 is 5.32 Å². The van der Waals surface area contributed by atoms with E-state index in [1.807, 2.05) is 0 Å². The number of halogens is 1. The summed E-state index contributed by atoms with van der Waals surface area (Å²) >= 11 is 0. The number of likely N-dealkylation sites (N-methyl/N-ethyl adjacent to an activating group) is 1. The maximum atomic E-state index is 12.1. The molecule has 0 unspecified atom stereocenters. The van der Waals surface area contributed by atoms with Gasteiger partial charge < -0.3 is 5.32 Å². The molecule has 1 nitrogen and oxygen atoms in total. The van der Waals surface area contributed by atoms with Gasteiger partial charge in [0.05, 0.1) is 0 Å². The average Bonchev–Trinajstić information content (AvgIpc) is 1.86. The minimum atomic E-state index is -0.440. The molecule has 0 fully saturated rings. The van der Waals surface area contributed by atoms with E-state index >= 15 is 0 Å². The molecule has 0 heterocycles. The summed E-state index contributed by atoms with van der Waals surface area (Å²) < 4.78 is 12.1. The lowest BCUT2D eigenvalue weighted by Gasteiger charge is -1.97. The highest BCUT2D eigenvalue weighted by Crippen LogP contribution is 2.00. The predicted molar refractivity (Wildman–Crippen MR) is 42.5 cm³/mol. The molecule has 0 aromatic carbocycles. The summed E-state index contributed by atoms with van der Waals surface area (Å²) in [5.74, 6) is -0.440. The number of nitrogens with one attached hydrogen (secondary N) is 1. The van der Waals surface area contributed by atoms with Gasteiger partial charge in [0.25, 0.3) is 0 Å². The lowest BCUT2D eigenvalue weighted by Crippen LogP contribution is -2.08. The van der Waals surface area contributed by atoms with E-state index in [0.29, 0.717) is 6.54 Å². The monoisotopic (exact) mass is 141 g/mol. The van der Waals surface area contributed by atoms with Crippen LogP contribution in [0.1, 0.15) is 0 Å². The molecule has 56 valence electrons. The molecule has 0 saturated heterocycles. The number of hydrogen-bond acceptors (Lipinski definition) is 1. The molecule has 10 heavy (non-hydrogen) atoms. The van der Waals surface area contributed by atoms with Crippen LogP contribution in [0.4, 0.5) is 4.39 Å². The van der Waals surface area contributed by atoms with Crippen LogP contribution in [0.5, 0.6) is 0 Å². The van der Waals surface area contributed by atoms with Crippen molar-refractivity contribution >= 4 is 0 Å². The molecule has 0 aliphatic carbocycles. The number of hydrogen-bond donors (Lipinski definition) is 1. The van der Waals surface area contributed by atoms with E-state index < -0.39 is 5.83 Å². The molecule has 2 heteroatoms. The van der Waals surface area contributed by atoms with Crippen LogP contribution in [-0.4, -0.2) is 13.6 Å². The summed E-state index contributed by atoms with van der Waals surface area (Å²) in [6.45, 7) is 7.24. The first kappa shape index (κ1) is 9.11. The van der Waals surface area contributed by atoms with Crippen LogP contribution in [0.3, 0.4) is 0 Å². The van der Waals surface area contributed by atoms with Crippen molar-refractivity contribution in [3.63, 3.8) is 0 Å². The largest absolute Gasteiger partial charge is 0.316 e. The van der Waals surface area contributed by atoms with Crippen molar-refractivity contribution < 1.29 is 4.39 Å². The molecule has 0 saturated carbocycles. The zero-order chi connectivity index (χ0) is 7.98. The Kier molecular flexibility index (Phi) is 4.50. The number of rotatable bonds is 4. The fraction of sp³-hybridized carbons (Fsp3) is 0.250. The van der Waals surface area contributed by atoms with Gasteiger partial charge >= 0.3 is 0 Å². The molecule has 0 aliphatic rings. The van der Waals surface area contributed by atoms with Gasteiger partial charge in [-0.3, -0.25) is 0 Å². The van der Waals surface area contributed by atoms with Crippen LogP contribution >= 0.6 is 0 Å². The summed E-state index contributed by atoms with van der Waals surface area (Å²) in [5.41, 5.74) is 0.801. The lowest BCUT2D eigenvalue weighted by atomic mass is 10.2. The van der Waals surface area contributed by atoms with Crippen molar-refractivity contribution in [1.29, 1.82) is 0 Å². The third kappa shape index (κ3) is 4.04. The molecule has 0 bridgehead atoms. The molecule has 0 radical (unpaired) electrons. The van der Waals surface area contributed by atoms with Gasteiger partial charge in [-0.05, 0) is 18.7 Å². The van der Waals surface area contributed by atoms with E-state index in [4.69, 9.17) is 0 Å². The standard InChI is InChI=1S/C8H12FN/c1-4-8(6-10-3)5-7(2)9/h4-5,10H,1-2,6H2,3H3/b8-5+. The van der Waals surface area contributed by atoms with E-state index in [9.17, 15) is 4.39 Å². The Morgan fingerprint density at radius 2 is 2.30 bits per heavy atom. The Morgan fingerprint density at radius 1 is 1.70 bits per heavy atom. The van der Waals surface area contributed by atoms with Crippen LogP contribution in [-0.2, 0) is 0 Å². The summed E-state index contributed by atoms with van der Waals surface area (Å²) in [6.07, 6.45) is 2.95. The second-order valence-electron chi connectivity index (χ2n) is 1.90. The quantitative estimate of drug-likeness (QED) is 0.589. The Hall–Kier alpha value is -0.890. The minimum absolute atomic E-state index is 0.440. The molecule has 0 amide bonds. The first-order chi connectivity index (χ1) is 4.70. The highest BCUT2D eigenvalue weighted by molar-refractivity contribution is 5.25. The van der Waals surface area contributed by atoms with Crippen molar-refractivity contribution in [3.05, 3.63) is 36.7 Å². The topological polar surface area (TPSA) is 12.0 Å². The van der Waals surface area contributed by atoms with Crippen molar-refractivity contribution in [3.8, 4) is 0 Å². The SMILES string of the molecule is C=C/C(=C\C(=C)F)CNC. The van der Waals surface area contributed by atoms with Gasteiger partial charge in [0, 0.05) is 6.54 Å². The maximum Gasteiger partial charge on any atom is 0.116 e. The summed E-state index contributed by atoms with van der Waals surface area (Å²) in [6, 6.07) is 0. The van der Waals surface area contributed by atoms with Gasteiger partial charge in [-0.2, -0.15) is 0 Å². The van der Waals surface area contributed by atoms with Crippen molar-refractivity contribution in [2.75, 3.05) is 13.6 Å². The molecular weight excluding hydrogens is 129 g/mol. The van der Waals surface area contributed by atoms with Crippen LogP contribution in [0.25, 0.3) is 0 Å². The van der Waals surface area contributed by atoms with E-state index in [2.05, 4.69) is 18.5 Å². The Morgan fingerprint density at radius 3 is 2.60 bits per heavy atom. The normalized spacial score (nSPS) is 11.2. The van der Waals surface area contributed by atoms with E-state index in [0.717, 1.165) is 5.57 Å². The molecule has 1 N–H and O–H groups in total. The van der Waals surface area contributed by atoms with Gasteiger partial charge in [-0.25, -0.2) is 4.39 Å². The Balaban J connectivity index is 4.03. The fourth-order valence-electron chi connectivity index (χ4n) is 0.587. The van der Waals surface area contributed by atoms with Gasteiger partial charge in [-0.15, -0.1) is 0 Å². The second-order valence-corrected chi connectivity index (χ2v) is 1.90. The van der Waals surface area contributed by atoms with Crippen LogP contribution in [0.15, 0.2) is 36.7 Å². The smallest absolute Gasteiger partial charge is 0.116 e. The van der Waals surface area contributed by atoms with E-state index in [1.165, 1.54) is 6.08 Å². The van der Waals surface area contributed by atoms with Gasteiger partial charge in [0.2, 0.25) is 0 Å². The molecule has 0 atom stereocenters. The highest BCUT2D eigenvalue weighted by atomic mass is 19.1. The molecule has 0 spiro atoms. The molecule has 0 aromatic heterocycles. The van der Waals surface area contributed by atoms with Crippen LogP contribution in [0.2, 0.25) is 0 Å². The van der Waals surface area contributed by atoms with Crippen molar-refractivity contribution in [1.82, 2.24) is 5.32 Å². The molecule has 0 aromatic rings. The Labute approximate surface area is 60.9 Å². The molecular formula is C8H12FN. The minimum Gasteiger partial charge on any atom is -0.316 e. The van der Waals surface area contributed by atoms with Gasteiger partial charge in [0.15, 0.2) is 0 Å². The first-order valence-corrected chi connectivity index (χ1v) is 3.02. The van der Waals surface area contributed by atoms with Crippen molar-refractivity contribution in [2.24, 2.45) is 0 Å². The second kappa shape index (κ2) is 4.94. The van der Waals surface area contributed by atoms with Crippen LogP contribution in [0, 0.1) is 0 Å². The number of allylic oxidation sites excluding steroid dienone is 2. The fourth-order valence-corrected chi connectivity index (χ4v) is 0.587. The summed E-state index contributed by atoms with van der Waals surface area (Å²) in [5, 5.41) is 2.88. The van der Waals surface area contributed by atoms with E-state index in [1.54, 1.807) is 13.1 Å². The van der Waals surface area contributed by atoms with E-state index in [-0.39, 0.29) is 0 Å². The zero-order valence-corrected chi connectivity index (χ0v) is 6.15.